The zero-order valence-corrected chi connectivity index (χ0v) is 31.6. The quantitative estimate of drug-likeness (QED) is 0.0472. The molecule has 4 atom stereocenters. The van der Waals surface area contributed by atoms with Crippen LogP contribution in [0.2, 0.25) is 0 Å². The summed E-state index contributed by atoms with van der Waals surface area (Å²) in [6.45, 7) is 4.41. The summed E-state index contributed by atoms with van der Waals surface area (Å²) in [6, 6.07) is 30.7. The van der Waals surface area contributed by atoms with E-state index in [4.69, 9.17) is 23.7 Å². The molecule has 6 heteroatoms. The number of carbonyl (C=O) groups is 1. The van der Waals surface area contributed by atoms with Gasteiger partial charge < -0.3 is 23.7 Å². The molecule has 6 nitrogen and oxygen atoms in total. The maximum Gasteiger partial charge on any atom is 0.303 e. The van der Waals surface area contributed by atoms with Gasteiger partial charge in [0.05, 0.1) is 6.61 Å². The summed E-state index contributed by atoms with van der Waals surface area (Å²) in [7, 11) is 1.60. The van der Waals surface area contributed by atoms with E-state index < -0.39 is 30.2 Å². The van der Waals surface area contributed by atoms with Crippen LogP contribution in [0.25, 0.3) is 0 Å². The van der Waals surface area contributed by atoms with Gasteiger partial charge in [-0.1, -0.05) is 194 Å². The molecule has 0 saturated carbocycles. The van der Waals surface area contributed by atoms with Gasteiger partial charge in [-0.25, -0.2) is 0 Å². The summed E-state index contributed by atoms with van der Waals surface area (Å²) in [4.78, 5) is 12.4. The van der Waals surface area contributed by atoms with Crippen molar-refractivity contribution >= 4 is 5.97 Å². The number of unbranched alkanes of at least 4 members (excludes halogenated alkanes) is 15. The molecule has 0 aliphatic carbocycles. The van der Waals surface area contributed by atoms with E-state index in [1.54, 1.807) is 7.11 Å². The molecule has 1 heterocycles. The maximum absolute atomic E-state index is 12.4. The molecule has 0 radical (unpaired) electrons. The highest BCUT2D eigenvalue weighted by atomic mass is 16.7. The van der Waals surface area contributed by atoms with Gasteiger partial charge in [0.25, 0.3) is 0 Å². The zero-order chi connectivity index (χ0) is 36.0. The molecule has 1 fully saturated rings. The van der Waals surface area contributed by atoms with Crippen molar-refractivity contribution in [1.82, 2.24) is 0 Å². The molecular weight excluding hydrogens is 636 g/mol. The van der Waals surface area contributed by atoms with Crippen molar-refractivity contribution in [3.05, 3.63) is 108 Å². The second-order valence-corrected chi connectivity index (χ2v) is 14.1. The van der Waals surface area contributed by atoms with Crippen LogP contribution in [0.3, 0.4) is 0 Å². The molecule has 51 heavy (non-hydrogen) atoms. The third-order valence-electron chi connectivity index (χ3n) is 10.1. The Morgan fingerprint density at radius 2 is 1.02 bits per heavy atom. The molecule has 0 spiro atoms. The van der Waals surface area contributed by atoms with E-state index >= 15 is 0 Å². The number of ether oxygens (including phenoxy) is 5. The number of esters is 1. The minimum atomic E-state index is -0.928. The number of hydrogen-bond donors (Lipinski definition) is 0. The van der Waals surface area contributed by atoms with Gasteiger partial charge in [0, 0.05) is 20.6 Å². The maximum atomic E-state index is 12.4. The van der Waals surface area contributed by atoms with Crippen LogP contribution in [0.15, 0.2) is 91.0 Å². The second-order valence-electron chi connectivity index (χ2n) is 14.1. The van der Waals surface area contributed by atoms with Crippen LogP contribution in [-0.2, 0) is 34.1 Å². The molecule has 3 aromatic carbocycles. The molecule has 1 saturated heterocycles. The largest absolute Gasteiger partial charge is 0.457 e. The highest BCUT2D eigenvalue weighted by Gasteiger charge is 2.49. The lowest BCUT2D eigenvalue weighted by molar-refractivity contribution is -0.172. The lowest BCUT2D eigenvalue weighted by Gasteiger charge is -2.37. The Bertz CT molecular complexity index is 1220. The highest BCUT2D eigenvalue weighted by Crippen LogP contribution is 2.41. The number of methoxy groups -OCH3 is 1. The number of benzene rings is 3. The molecule has 0 N–H and O–H groups in total. The SMILES string of the molecule is CCCCCCCCCCCCCCCCCCO[C@H]1[C@@H](OC)O[C@H](COC(c2ccccc2)(c2ccccc2)c2ccccc2)[C@@H]1OC(C)=O. The average Bonchev–Trinajstić information content (AvgIpc) is 3.49. The van der Waals surface area contributed by atoms with Gasteiger partial charge in [0.15, 0.2) is 12.4 Å². The van der Waals surface area contributed by atoms with E-state index in [1.165, 1.54) is 96.8 Å². The summed E-state index contributed by atoms with van der Waals surface area (Å²) in [5, 5.41) is 0. The van der Waals surface area contributed by atoms with Gasteiger partial charge in [-0.15, -0.1) is 0 Å². The first-order valence-corrected chi connectivity index (χ1v) is 19.9. The summed E-state index contributed by atoms with van der Waals surface area (Å²) >= 11 is 0. The van der Waals surface area contributed by atoms with E-state index in [1.807, 2.05) is 54.6 Å². The standard InChI is InChI=1S/C45H64O6/c1-4-5-6-7-8-9-10-11-12-13-14-15-16-17-18-28-35-48-43-42(50-37(2)46)41(51-44(43)47-3)36-49-45(38-29-22-19-23-30-38,39-31-24-20-25-32-39)40-33-26-21-27-34-40/h19-27,29-34,41-44H,4-18,28,35-36H2,1-3H3/t41-,42+,43-,44+/m1/s1. The van der Waals surface area contributed by atoms with E-state index in [0.717, 1.165) is 29.5 Å². The molecular formula is C45H64O6. The van der Waals surface area contributed by atoms with Crippen LogP contribution in [0.1, 0.15) is 133 Å². The second kappa shape index (κ2) is 23.5. The van der Waals surface area contributed by atoms with Gasteiger partial charge in [-0.3, -0.25) is 4.79 Å². The lowest BCUT2D eigenvalue weighted by atomic mass is 9.80. The van der Waals surface area contributed by atoms with E-state index in [2.05, 4.69) is 43.3 Å². The van der Waals surface area contributed by atoms with Crippen LogP contribution in [-0.4, -0.2) is 50.9 Å². The van der Waals surface area contributed by atoms with E-state index in [0.29, 0.717) is 6.61 Å². The van der Waals surface area contributed by atoms with Crippen molar-refractivity contribution in [2.75, 3.05) is 20.3 Å². The number of rotatable bonds is 26. The van der Waals surface area contributed by atoms with Crippen LogP contribution in [0, 0.1) is 0 Å². The Morgan fingerprint density at radius 1 is 0.608 bits per heavy atom. The predicted molar refractivity (Wildman–Crippen MR) is 206 cm³/mol. The summed E-state index contributed by atoms with van der Waals surface area (Å²) in [6.07, 6.45) is 18.6. The zero-order valence-electron chi connectivity index (χ0n) is 31.6. The van der Waals surface area contributed by atoms with Gasteiger partial charge in [-0.2, -0.15) is 0 Å². The molecule has 0 aromatic heterocycles. The van der Waals surface area contributed by atoms with Crippen LogP contribution >= 0.6 is 0 Å². The average molecular weight is 701 g/mol. The molecule has 280 valence electrons. The first kappa shape index (κ1) is 40.7. The van der Waals surface area contributed by atoms with Crippen LogP contribution in [0.5, 0.6) is 0 Å². The Balaban J connectivity index is 1.27. The van der Waals surface area contributed by atoms with Gasteiger partial charge >= 0.3 is 5.97 Å². The van der Waals surface area contributed by atoms with Crippen LogP contribution in [0.4, 0.5) is 0 Å². The Morgan fingerprint density at radius 3 is 1.41 bits per heavy atom. The molecule has 0 amide bonds. The summed E-state index contributed by atoms with van der Waals surface area (Å²) in [5.74, 6) is -0.387. The smallest absolute Gasteiger partial charge is 0.303 e. The van der Waals surface area contributed by atoms with Crippen LogP contribution < -0.4 is 0 Å². The fraction of sp³-hybridized carbons (Fsp3) is 0.578. The minimum Gasteiger partial charge on any atom is -0.457 e. The molecule has 1 aliphatic rings. The molecule has 1 aliphatic heterocycles. The normalized spacial score (nSPS) is 19.0. The lowest BCUT2D eigenvalue weighted by Crippen LogP contribution is -2.42. The van der Waals surface area contributed by atoms with Crippen molar-refractivity contribution in [3.63, 3.8) is 0 Å². The van der Waals surface area contributed by atoms with Gasteiger partial charge in [-0.05, 0) is 23.1 Å². The topological polar surface area (TPSA) is 63.2 Å². The van der Waals surface area contributed by atoms with E-state index in [-0.39, 0.29) is 12.6 Å². The van der Waals surface area contributed by atoms with Crippen molar-refractivity contribution in [1.29, 1.82) is 0 Å². The van der Waals surface area contributed by atoms with Gasteiger partial charge in [0.1, 0.15) is 17.8 Å². The van der Waals surface area contributed by atoms with Crippen molar-refractivity contribution in [2.24, 2.45) is 0 Å². The number of carbonyl (C=O) groups excluding carboxylic acids is 1. The fourth-order valence-corrected chi connectivity index (χ4v) is 7.37. The molecule has 0 bridgehead atoms. The highest BCUT2D eigenvalue weighted by molar-refractivity contribution is 5.66. The number of hydrogen-bond acceptors (Lipinski definition) is 6. The third kappa shape index (κ3) is 12.9. The van der Waals surface area contributed by atoms with Crippen molar-refractivity contribution in [3.8, 4) is 0 Å². The first-order valence-electron chi connectivity index (χ1n) is 19.9. The molecule has 4 rings (SSSR count). The van der Waals surface area contributed by atoms with Gasteiger partial charge in [0.2, 0.25) is 0 Å². The minimum absolute atomic E-state index is 0.148. The van der Waals surface area contributed by atoms with Crippen molar-refractivity contribution in [2.45, 2.75) is 147 Å². The monoisotopic (exact) mass is 700 g/mol. The Hall–Kier alpha value is -3.03. The Labute approximate surface area is 308 Å². The van der Waals surface area contributed by atoms with Crippen molar-refractivity contribution < 1.29 is 28.5 Å². The molecule has 0 unspecified atom stereocenters. The first-order chi connectivity index (χ1) is 25.1. The Kier molecular flexibility index (Phi) is 18.8. The fourth-order valence-electron chi connectivity index (χ4n) is 7.37. The summed E-state index contributed by atoms with van der Waals surface area (Å²) in [5.41, 5.74) is 2.04. The third-order valence-corrected chi connectivity index (χ3v) is 10.1. The van der Waals surface area contributed by atoms with E-state index in [9.17, 15) is 4.79 Å². The molecule has 3 aromatic rings. The summed E-state index contributed by atoms with van der Waals surface area (Å²) < 4.78 is 31.4. The predicted octanol–water partition coefficient (Wildman–Crippen LogP) is 10.9.